The highest BCUT2D eigenvalue weighted by atomic mass is 32.2. The van der Waals surface area contributed by atoms with Gasteiger partial charge in [-0.1, -0.05) is 61.5 Å². The number of thioether (sulfide) groups is 1. The number of nitrogens with zero attached hydrogens (tertiary/aromatic N) is 3. The molecule has 0 radical (unpaired) electrons. The van der Waals surface area contributed by atoms with Crippen molar-refractivity contribution in [1.29, 1.82) is 0 Å². The van der Waals surface area contributed by atoms with Crippen LogP contribution in [0.25, 0.3) is 17.3 Å². The summed E-state index contributed by atoms with van der Waals surface area (Å²) >= 11 is 2.86. The number of aliphatic imine (C=N–C) groups is 1. The van der Waals surface area contributed by atoms with E-state index in [0.29, 0.717) is 15.2 Å². The van der Waals surface area contributed by atoms with Crippen LogP contribution in [0.2, 0.25) is 0 Å². The van der Waals surface area contributed by atoms with Crippen LogP contribution in [-0.2, 0) is 11.2 Å². The van der Waals surface area contributed by atoms with Crippen molar-refractivity contribution in [2.24, 2.45) is 4.99 Å². The first-order valence-electron chi connectivity index (χ1n) is 9.00. The third-order valence-electron chi connectivity index (χ3n) is 4.44. The SMILES string of the molecule is CCc1ccc(/C=C2\S/C(=N/c3nc(-c4ccccc4)cs3)N(C)C2=O)cc1. The summed E-state index contributed by atoms with van der Waals surface area (Å²) in [5.41, 5.74) is 4.26. The number of aryl methyl sites for hydroxylation is 1. The van der Waals surface area contributed by atoms with E-state index < -0.39 is 0 Å². The summed E-state index contributed by atoms with van der Waals surface area (Å²) in [5, 5.41) is 3.28. The highest BCUT2D eigenvalue weighted by molar-refractivity contribution is 8.18. The Morgan fingerprint density at radius 2 is 1.86 bits per heavy atom. The third kappa shape index (κ3) is 3.93. The van der Waals surface area contributed by atoms with E-state index in [0.717, 1.165) is 23.2 Å². The summed E-state index contributed by atoms with van der Waals surface area (Å²) in [6, 6.07) is 18.3. The van der Waals surface area contributed by atoms with Crippen LogP contribution in [-0.4, -0.2) is 28.0 Å². The average molecular weight is 406 g/mol. The fourth-order valence-electron chi connectivity index (χ4n) is 2.79. The van der Waals surface area contributed by atoms with Crippen LogP contribution < -0.4 is 0 Å². The van der Waals surface area contributed by atoms with Crippen molar-refractivity contribution < 1.29 is 4.79 Å². The molecule has 0 atom stereocenters. The molecule has 28 heavy (non-hydrogen) atoms. The first kappa shape index (κ1) is 18.7. The third-order valence-corrected chi connectivity index (χ3v) is 6.24. The van der Waals surface area contributed by atoms with Crippen LogP contribution in [0.15, 0.2) is 69.9 Å². The molecule has 4 rings (SSSR count). The first-order chi connectivity index (χ1) is 13.6. The Hall–Kier alpha value is -2.70. The molecular weight excluding hydrogens is 386 g/mol. The minimum atomic E-state index is -0.0387. The molecule has 1 aliphatic heterocycles. The number of carbonyl (C=O) groups is 1. The predicted octanol–water partition coefficient (Wildman–Crippen LogP) is 5.61. The zero-order valence-corrected chi connectivity index (χ0v) is 17.3. The fourth-order valence-corrected chi connectivity index (χ4v) is 4.51. The van der Waals surface area contributed by atoms with E-state index in [2.05, 4.69) is 29.0 Å². The molecule has 2 aromatic carbocycles. The number of aromatic nitrogens is 1. The average Bonchev–Trinajstić information content (AvgIpc) is 3.30. The second-order valence-electron chi connectivity index (χ2n) is 6.35. The molecule has 0 spiro atoms. The lowest BCUT2D eigenvalue weighted by Gasteiger charge is -2.05. The van der Waals surface area contributed by atoms with E-state index >= 15 is 0 Å². The molecule has 0 N–H and O–H groups in total. The molecule has 1 saturated heterocycles. The van der Waals surface area contributed by atoms with Gasteiger partial charge in [-0.25, -0.2) is 4.98 Å². The number of benzene rings is 2. The molecule has 2 heterocycles. The van der Waals surface area contributed by atoms with E-state index in [1.165, 1.54) is 28.7 Å². The second-order valence-corrected chi connectivity index (χ2v) is 8.19. The zero-order chi connectivity index (χ0) is 19.5. The number of likely N-dealkylation sites (N-methyl/N-ethyl adjacent to an activating group) is 1. The van der Waals surface area contributed by atoms with Gasteiger partial charge in [0, 0.05) is 18.0 Å². The van der Waals surface area contributed by atoms with Crippen LogP contribution in [0.4, 0.5) is 5.13 Å². The van der Waals surface area contributed by atoms with Crippen molar-refractivity contribution in [1.82, 2.24) is 9.88 Å². The Kier molecular flexibility index (Phi) is 5.41. The molecule has 1 fully saturated rings. The number of hydrogen-bond acceptors (Lipinski definition) is 5. The highest BCUT2D eigenvalue weighted by Gasteiger charge is 2.30. The lowest BCUT2D eigenvalue weighted by atomic mass is 10.1. The summed E-state index contributed by atoms with van der Waals surface area (Å²) in [6.07, 6.45) is 2.92. The van der Waals surface area contributed by atoms with Gasteiger partial charge in [-0.3, -0.25) is 9.69 Å². The molecule has 1 aliphatic rings. The molecule has 4 nitrogen and oxygen atoms in total. The number of amides is 1. The topological polar surface area (TPSA) is 45.6 Å². The summed E-state index contributed by atoms with van der Waals surface area (Å²) in [7, 11) is 1.75. The van der Waals surface area contributed by atoms with Gasteiger partial charge in [0.1, 0.15) is 0 Å². The standard InChI is InChI=1S/C22H19N3OS2/c1-3-15-9-11-16(12-10-15)13-19-20(26)25(2)22(28-19)24-21-23-18(14-27-21)17-7-5-4-6-8-17/h4-14H,3H2,1-2H3/b19-13-,24-22+. The van der Waals surface area contributed by atoms with Crippen molar-refractivity contribution in [3.8, 4) is 11.3 Å². The van der Waals surface area contributed by atoms with E-state index in [4.69, 9.17) is 0 Å². The minimum Gasteiger partial charge on any atom is -0.289 e. The zero-order valence-electron chi connectivity index (χ0n) is 15.6. The maximum absolute atomic E-state index is 12.6. The van der Waals surface area contributed by atoms with E-state index in [-0.39, 0.29) is 5.91 Å². The predicted molar refractivity (Wildman–Crippen MR) is 119 cm³/mol. The Labute approximate surface area is 172 Å². The Morgan fingerprint density at radius 1 is 1.11 bits per heavy atom. The van der Waals surface area contributed by atoms with Gasteiger partial charge in [0.25, 0.3) is 5.91 Å². The van der Waals surface area contributed by atoms with Crippen molar-refractivity contribution in [2.75, 3.05) is 7.05 Å². The number of hydrogen-bond donors (Lipinski definition) is 0. The van der Waals surface area contributed by atoms with Crippen LogP contribution in [0, 0.1) is 0 Å². The first-order valence-corrected chi connectivity index (χ1v) is 10.7. The lowest BCUT2D eigenvalue weighted by molar-refractivity contribution is -0.121. The summed E-state index contributed by atoms with van der Waals surface area (Å²) in [6.45, 7) is 2.13. The van der Waals surface area contributed by atoms with Crippen LogP contribution in [0.1, 0.15) is 18.1 Å². The molecule has 0 bridgehead atoms. The van der Waals surface area contributed by atoms with Crippen LogP contribution in [0.5, 0.6) is 0 Å². The molecule has 140 valence electrons. The molecule has 1 amide bonds. The van der Waals surface area contributed by atoms with E-state index in [9.17, 15) is 4.79 Å². The van der Waals surface area contributed by atoms with Crippen molar-refractivity contribution in [3.63, 3.8) is 0 Å². The van der Waals surface area contributed by atoms with Crippen molar-refractivity contribution in [2.45, 2.75) is 13.3 Å². The van der Waals surface area contributed by atoms with Crippen LogP contribution >= 0.6 is 23.1 Å². The molecule has 3 aromatic rings. The molecule has 0 saturated carbocycles. The van der Waals surface area contributed by atoms with E-state index in [1.807, 2.05) is 53.9 Å². The maximum Gasteiger partial charge on any atom is 0.266 e. The van der Waals surface area contributed by atoms with Gasteiger partial charge in [0.05, 0.1) is 10.6 Å². The smallest absolute Gasteiger partial charge is 0.266 e. The van der Waals surface area contributed by atoms with Gasteiger partial charge in [0.15, 0.2) is 5.17 Å². The number of carbonyl (C=O) groups excluding carboxylic acids is 1. The Bertz CT molecular complexity index is 1050. The molecular formula is C22H19N3OS2. The van der Waals surface area contributed by atoms with Gasteiger partial charge < -0.3 is 0 Å². The molecule has 0 aliphatic carbocycles. The molecule has 0 unspecified atom stereocenters. The highest BCUT2D eigenvalue weighted by Crippen LogP contribution is 2.34. The summed E-state index contributed by atoms with van der Waals surface area (Å²) < 4.78 is 0. The quantitative estimate of drug-likeness (QED) is 0.530. The van der Waals surface area contributed by atoms with E-state index in [1.54, 1.807) is 11.9 Å². The summed E-state index contributed by atoms with van der Waals surface area (Å²) in [5.74, 6) is -0.0387. The molecule has 1 aromatic heterocycles. The van der Waals surface area contributed by atoms with Gasteiger partial charge in [-0.05, 0) is 35.4 Å². The van der Waals surface area contributed by atoms with Gasteiger partial charge in [0.2, 0.25) is 5.13 Å². The largest absolute Gasteiger partial charge is 0.289 e. The number of rotatable bonds is 4. The van der Waals surface area contributed by atoms with Gasteiger partial charge in [-0.15, -0.1) is 11.3 Å². The normalized spacial score (nSPS) is 17.1. The maximum atomic E-state index is 12.6. The summed E-state index contributed by atoms with van der Waals surface area (Å²) in [4.78, 5) is 24.1. The lowest BCUT2D eigenvalue weighted by Crippen LogP contribution is -2.23. The minimum absolute atomic E-state index is 0.0387. The van der Waals surface area contributed by atoms with Gasteiger partial charge in [-0.2, -0.15) is 4.99 Å². The molecule has 6 heteroatoms. The fraction of sp³-hybridized carbons (Fsp3) is 0.136. The van der Waals surface area contributed by atoms with Crippen molar-refractivity contribution in [3.05, 3.63) is 76.0 Å². The second kappa shape index (κ2) is 8.12. The Balaban J connectivity index is 1.56. The van der Waals surface area contributed by atoms with Crippen LogP contribution in [0.3, 0.4) is 0 Å². The number of thiazole rings is 1. The monoisotopic (exact) mass is 405 g/mol. The van der Waals surface area contributed by atoms with Gasteiger partial charge >= 0.3 is 0 Å². The number of amidine groups is 1. The van der Waals surface area contributed by atoms with Crippen molar-refractivity contribution >= 4 is 45.4 Å². The Morgan fingerprint density at radius 3 is 2.57 bits per heavy atom.